The first-order chi connectivity index (χ1) is 6.58. The Morgan fingerprint density at radius 1 is 1.50 bits per heavy atom. The first-order valence-corrected chi connectivity index (χ1v) is 5.46. The molecule has 1 fully saturated rings. The minimum atomic E-state index is 0.329. The summed E-state index contributed by atoms with van der Waals surface area (Å²) in [5.41, 5.74) is 3.49. The lowest BCUT2D eigenvalue weighted by atomic mass is 9.77. The predicted molar refractivity (Wildman–Crippen MR) is 60.5 cm³/mol. The van der Waals surface area contributed by atoms with Gasteiger partial charge < -0.3 is 10.1 Å². The zero-order valence-electron chi connectivity index (χ0n) is 9.94. The molecule has 1 N–H and O–H groups in total. The number of methoxy groups -OCH3 is 1. The lowest BCUT2D eigenvalue weighted by Crippen LogP contribution is -2.38. The average Bonchev–Trinajstić information content (AvgIpc) is 2.13. The first kappa shape index (κ1) is 11.7. The van der Waals surface area contributed by atoms with Crippen LogP contribution in [0.1, 0.15) is 33.6 Å². The Kier molecular flexibility index (Phi) is 4.14. The summed E-state index contributed by atoms with van der Waals surface area (Å²) >= 11 is 0. The van der Waals surface area contributed by atoms with E-state index < -0.39 is 0 Å². The van der Waals surface area contributed by atoms with Crippen LogP contribution in [0.3, 0.4) is 0 Å². The first-order valence-electron chi connectivity index (χ1n) is 5.46. The summed E-state index contributed by atoms with van der Waals surface area (Å²) in [5.74, 6) is 0. The number of hydrogen-bond acceptors (Lipinski definition) is 2. The molecule has 2 nitrogen and oxygen atoms in total. The van der Waals surface area contributed by atoms with Gasteiger partial charge in [-0.1, -0.05) is 25.0 Å². The fourth-order valence-electron chi connectivity index (χ4n) is 2.26. The van der Waals surface area contributed by atoms with Gasteiger partial charge in [0.2, 0.25) is 0 Å². The Morgan fingerprint density at radius 2 is 2.21 bits per heavy atom. The van der Waals surface area contributed by atoms with Crippen LogP contribution in [0, 0.1) is 5.41 Å². The molecule has 82 valence electrons. The quantitative estimate of drug-likeness (QED) is 0.701. The van der Waals surface area contributed by atoms with E-state index in [1.54, 1.807) is 12.7 Å². The summed E-state index contributed by atoms with van der Waals surface area (Å²) in [6, 6.07) is 0. The molecule has 0 atom stereocenters. The summed E-state index contributed by atoms with van der Waals surface area (Å²) in [6.07, 6.45) is 2.28. The number of ether oxygens (including phenoxy) is 1. The smallest absolute Gasteiger partial charge is 0.0499 e. The molecule has 1 aliphatic rings. The maximum absolute atomic E-state index is 5.12. The maximum Gasteiger partial charge on any atom is 0.0499 e. The lowest BCUT2D eigenvalue weighted by molar-refractivity contribution is 0.201. The van der Waals surface area contributed by atoms with Gasteiger partial charge in [-0.15, -0.1) is 0 Å². The third-order valence-corrected chi connectivity index (χ3v) is 3.13. The number of hydrogen-bond donors (Lipinski definition) is 1. The van der Waals surface area contributed by atoms with E-state index in [1.165, 1.54) is 12.0 Å². The highest BCUT2D eigenvalue weighted by atomic mass is 16.5. The van der Waals surface area contributed by atoms with Crippen molar-refractivity contribution in [3.8, 4) is 0 Å². The van der Waals surface area contributed by atoms with Gasteiger partial charge >= 0.3 is 0 Å². The summed E-state index contributed by atoms with van der Waals surface area (Å²) < 4.78 is 5.12. The fraction of sp³-hybridized carbons (Fsp3) is 0.833. The number of piperidine rings is 1. The Balaban J connectivity index is 2.70. The van der Waals surface area contributed by atoms with E-state index in [9.17, 15) is 0 Å². The highest BCUT2D eigenvalue weighted by Gasteiger charge is 2.27. The Morgan fingerprint density at radius 3 is 2.79 bits per heavy atom. The molecule has 1 saturated heterocycles. The van der Waals surface area contributed by atoms with Gasteiger partial charge in [0.25, 0.3) is 0 Å². The Labute approximate surface area is 87.7 Å². The zero-order valence-corrected chi connectivity index (χ0v) is 9.94. The van der Waals surface area contributed by atoms with Crippen molar-refractivity contribution in [3.05, 3.63) is 11.1 Å². The summed E-state index contributed by atoms with van der Waals surface area (Å²) in [6.45, 7) is 9.98. The average molecular weight is 197 g/mol. The molecule has 0 spiro atoms. The molecule has 14 heavy (non-hydrogen) atoms. The normalized spacial score (nSPS) is 24.9. The minimum Gasteiger partial charge on any atom is -0.384 e. The Bertz CT molecular complexity index is 218. The summed E-state index contributed by atoms with van der Waals surface area (Å²) in [7, 11) is 1.77. The third-order valence-electron chi connectivity index (χ3n) is 3.13. The third kappa shape index (κ3) is 2.82. The van der Waals surface area contributed by atoms with Gasteiger partial charge in [-0.25, -0.2) is 0 Å². The highest BCUT2D eigenvalue weighted by Crippen LogP contribution is 2.33. The standard InChI is InChI=1S/C12H23NO/c1-10(6-8-14-4)11-5-7-13-9-12(11,2)3/h13H,5-9H2,1-4H3/b11-10+. The molecule has 1 heterocycles. The van der Waals surface area contributed by atoms with Crippen LogP contribution in [0.4, 0.5) is 0 Å². The molecule has 0 saturated carbocycles. The van der Waals surface area contributed by atoms with Crippen LogP contribution in [0.25, 0.3) is 0 Å². The van der Waals surface area contributed by atoms with Crippen molar-refractivity contribution in [1.82, 2.24) is 5.32 Å². The van der Waals surface area contributed by atoms with Crippen molar-refractivity contribution < 1.29 is 4.74 Å². The van der Waals surface area contributed by atoms with Crippen LogP contribution in [0.15, 0.2) is 11.1 Å². The lowest BCUT2D eigenvalue weighted by Gasteiger charge is -2.35. The second kappa shape index (κ2) is 4.94. The molecular weight excluding hydrogens is 174 g/mol. The van der Waals surface area contributed by atoms with Crippen LogP contribution < -0.4 is 5.32 Å². The monoisotopic (exact) mass is 197 g/mol. The van der Waals surface area contributed by atoms with Gasteiger partial charge in [-0.05, 0) is 31.7 Å². The molecule has 0 unspecified atom stereocenters. The van der Waals surface area contributed by atoms with Crippen molar-refractivity contribution >= 4 is 0 Å². The van der Waals surface area contributed by atoms with E-state index >= 15 is 0 Å². The molecular formula is C12H23NO. The minimum absolute atomic E-state index is 0.329. The second-order valence-corrected chi connectivity index (χ2v) is 4.81. The molecule has 0 radical (unpaired) electrons. The number of nitrogens with one attached hydrogen (secondary N) is 1. The molecule has 0 aromatic carbocycles. The van der Waals surface area contributed by atoms with E-state index in [1.807, 2.05) is 0 Å². The molecule has 0 aromatic heterocycles. The molecule has 1 rings (SSSR count). The van der Waals surface area contributed by atoms with Crippen molar-refractivity contribution in [2.24, 2.45) is 5.41 Å². The van der Waals surface area contributed by atoms with Crippen molar-refractivity contribution in [2.45, 2.75) is 33.6 Å². The van der Waals surface area contributed by atoms with Crippen molar-refractivity contribution in [1.29, 1.82) is 0 Å². The summed E-state index contributed by atoms with van der Waals surface area (Å²) in [4.78, 5) is 0. The van der Waals surface area contributed by atoms with Gasteiger partial charge in [-0.3, -0.25) is 0 Å². The Hall–Kier alpha value is -0.340. The van der Waals surface area contributed by atoms with Crippen LogP contribution in [-0.2, 0) is 4.74 Å². The van der Waals surface area contributed by atoms with E-state index in [4.69, 9.17) is 4.74 Å². The van der Waals surface area contributed by atoms with E-state index in [2.05, 4.69) is 26.1 Å². The maximum atomic E-state index is 5.12. The molecule has 1 aliphatic heterocycles. The summed E-state index contributed by atoms with van der Waals surface area (Å²) in [5, 5.41) is 3.45. The van der Waals surface area contributed by atoms with Crippen LogP contribution >= 0.6 is 0 Å². The largest absolute Gasteiger partial charge is 0.384 e. The predicted octanol–water partition coefficient (Wildman–Crippen LogP) is 2.36. The van der Waals surface area contributed by atoms with Crippen molar-refractivity contribution in [2.75, 3.05) is 26.8 Å². The van der Waals surface area contributed by atoms with Crippen LogP contribution in [0.5, 0.6) is 0 Å². The van der Waals surface area contributed by atoms with Gasteiger partial charge in [0, 0.05) is 20.3 Å². The molecule has 2 heteroatoms. The van der Waals surface area contributed by atoms with E-state index in [-0.39, 0.29) is 0 Å². The second-order valence-electron chi connectivity index (χ2n) is 4.81. The number of rotatable bonds is 3. The molecule has 0 aromatic rings. The van der Waals surface area contributed by atoms with Crippen LogP contribution in [0.2, 0.25) is 0 Å². The molecule has 0 aliphatic carbocycles. The fourth-order valence-corrected chi connectivity index (χ4v) is 2.26. The van der Waals surface area contributed by atoms with Gasteiger partial charge in [-0.2, -0.15) is 0 Å². The topological polar surface area (TPSA) is 21.3 Å². The van der Waals surface area contributed by atoms with Crippen LogP contribution in [-0.4, -0.2) is 26.8 Å². The van der Waals surface area contributed by atoms with Gasteiger partial charge in [0.1, 0.15) is 0 Å². The van der Waals surface area contributed by atoms with E-state index in [0.29, 0.717) is 5.41 Å². The van der Waals surface area contributed by atoms with Gasteiger partial charge in [0.15, 0.2) is 0 Å². The van der Waals surface area contributed by atoms with Gasteiger partial charge in [0.05, 0.1) is 0 Å². The molecule has 0 amide bonds. The van der Waals surface area contributed by atoms with Crippen molar-refractivity contribution in [3.63, 3.8) is 0 Å². The van der Waals surface area contributed by atoms with E-state index in [0.717, 1.165) is 26.1 Å². The SMILES string of the molecule is COCC/C(C)=C1\CCNCC1(C)C. The molecule has 0 bridgehead atoms. The highest BCUT2D eigenvalue weighted by molar-refractivity contribution is 5.22. The zero-order chi connectivity index (χ0) is 10.6.